The molecule has 0 saturated heterocycles. The van der Waals surface area contributed by atoms with Crippen LogP contribution >= 0.6 is 0 Å². The smallest absolute Gasteiger partial charge is 0.260 e. The number of rotatable bonds is 5. The number of aromatic nitrogens is 2. The molecule has 1 aromatic heterocycles. The minimum absolute atomic E-state index is 0.270. The van der Waals surface area contributed by atoms with Gasteiger partial charge in [-0.15, -0.1) is 0 Å². The molecule has 1 aliphatic heterocycles. The van der Waals surface area contributed by atoms with Crippen molar-refractivity contribution in [3.63, 3.8) is 0 Å². The lowest BCUT2D eigenvalue weighted by molar-refractivity contribution is 0.102. The first-order valence-corrected chi connectivity index (χ1v) is 9.93. The second kappa shape index (κ2) is 8.31. The van der Waals surface area contributed by atoms with Crippen LogP contribution in [0.15, 0.2) is 77.3 Å². The normalized spacial score (nSPS) is 12.4. The molecular weight excluding hydrogens is 394 g/mol. The maximum atomic E-state index is 12.9. The summed E-state index contributed by atoms with van der Waals surface area (Å²) in [4.78, 5) is 17.4. The van der Waals surface area contributed by atoms with Gasteiger partial charge in [-0.05, 0) is 35.9 Å². The number of amides is 1. The number of benzene rings is 3. The fourth-order valence-electron chi connectivity index (χ4n) is 3.37. The number of para-hydroxylation sites is 1. The van der Waals surface area contributed by atoms with E-state index in [1.807, 2.05) is 48.5 Å². The molecule has 1 N–H and O–H groups in total. The molecule has 2 heterocycles. The Balaban J connectivity index is 1.37. The fourth-order valence-corrected chi connectivity index (χ4v) is 3.37. The van der Waals surface area contributed by atoms with Crippen LogP contribution in [0.3, 0.4) is 0 Å². The van der Waals surface area contributed by atoms with Gasteiger partial charge in [0.05, 0.1) is 11.3 Å². The Morgan fingerprint density at radius 3 is 2.55 bits per heavy atom. The third-order valence-electron chi connectivity index (χ3n) is 4.88. The molecule has 5 rings (SSSR count). The summed E-state index contributed by atoms with van der Waals surface area (Å²) in [5, 5.41) is 7.01. The van der Waals surface area contributed by atoms with Gasteiger partial charge in [0.25, 0.3) is 11.8 Å². The van der Waals surface area contributed by atoms with Gasteiger partial charge in [-0.1, -0.05) is 47.6 Å². The van der Waals surface area contributed by atoms with E-state index in [2.05, 4.69) is 15.5 Å². The van der Waals surface area contributed by atoms with E-state index in [1.165, 1.54) is 0 Å². The Morgan fingerprint density at radius 2 is 1.68 bits per heavy atom. The quantitative estimate of drug-likeness (QED) is 0.523. The Morgan fingerprint density at radius 1 is 0.903 bits per heavy atom. The Kier molecular flexibility index (Phi) is 5.06. The van der Waals surface area contributed by atoms with E-state index in [4.69, 9.17) is 14.0 Å². The molecule has 0 unspecified atom stereocenters. The lowest BCUT2D eigenvalue weighted by atomic mass is 10.1. The zero-order valence-electron chi connectivity index (χ0n) is 16.6. The molecule has 4 aromatic rings. The molecule has 1 amide bonds. The molecule has 0 spiro atoms. The van der Waals surface area contributed by atoms with Crippen molar-refractivity contribution in [3.05, 3.63) is 89.7 Å². The molecule has 0 fully saturated rings. The molecule has 0 aliphatic carbocycles. The third kappa shape index (κ3) is 4.11. The topological polar surface area (TPSA) is 86.5 Å². The van der Waals surface area contributed by atoms with Gasteiger partial charge in [0, 0.05) is 12.0 Å². The van der Waals surface area contributed by atoms with E-state index in [9.17, 15) is 4.79 Å². The van der Waals surface area contributed by atoms with Crippen LogP contribution in [0.5, 0.6) is 11.5 Å². The Labute approximate surface area is 178 Å². The maximum absolute atomic E-state index is 12.9. The van der Waals surface area contributed by atoms with Crippen molar-refractivity contribution >= 4 is 11.6 Å². The average molecular weight is 413 g/mol. The maximum Gasteiger partial charge on any atom is 0.260 e. The zero-order chi connectivity index (χ0) is 21.0. The van der Waals surface area contributed by atoms with Crippen LogP contribution in [0.4, 0.5) is 5.69 Å². The molecule has 1 aliphatic rings. The molecule has 0 atom stereocenters. The molecule has 0 bridgehead atoms. The molecule has 7 nitrogen and oxygen atoms in total. The van der Waals surface area contributed by atoms with Gasteiger partial charge >= 0.3 is 0 Å². The Bertz CT molecular complexity index is 1220. The van der Waals surface area contributed by atoms with E-state index in [1.54, 1.807) is 24.3 Å². The van der Waals surface area contributed by atoms with Crippen LogP contribution < -0.4 is 14.8 Å². The van der Waals surface area contributed by atoms with E-state index in [0.29, 0.717) is 59.7 Å². The van der Waals surface area contributed by atoms with Crippen molar-refractivity contribution in [1.82, 2.24) is 10.1 Å². The monoisotopic (exact) mass is 413 g/mol. The molecule has 0 radical (unpaired) electrons. The van der Waals surface area contributed by atoms with Crippen molar-refractivity contribution in [3.8, 4) is 23.0 Å². The minimum atomic E-state index is -0.270. The number of fused-ring (bicyclic) bond motifs is 1. The van der Waals surface area contributed by atoms with Gasteiger partial charge in [0.2, 0.25) is 0 Å². The summed E-state index contributed by atoms with van der Waals surface area (Å²) in [7, 11) is 0. The zero-order valence-corrected chi connectivity index (χ0v) is 16.6. The van der Waals surface area contributed by atoms with Crippen LogP contribution in [-0.4, -0.2) is 29.3 Å². The van der Waals surface area contributed by atoms with Gasteiger partial charge in [-0.3, -0.25) is 4.79 Å². The number of ether oxygens (including phenoxy) is 2. The largest absolute Gasteiger partial charge is 0.486 e. The number of nitrogens with one attached hydrogen (secondary N) is 1. The van der Waals surface area contributed by atoms with Crippen LogP contribution in [0.1, 0.15) is 21.7 Å². The van der Waals surface area contributed by atoms with Gasteiger partial charge in [0.1, 0.15) is 13.2 Å². The van der Waals surface area contributed by atoms with E-state index >= 15 is 0 Å². The number of hydrogen-bond acceptors (Lipinski definition) is 6. The first kappa shape index (κ1) is 18.9. The van der Waals surface area contributed by atoms with Gasteiger partial charge in [0.15, 0.2) is 17.3 Å². The van der Waals surface area contributed by atoms with E-state index in [0.717, 1.165) is 5.56 Å². The molecule has 31 heavy (non-hydrogen) atoms. The second-order valence-electron chi connectivity index (χ2n) is 7.04. The molecule has 0 saturated carbocycles. The second-order valence-corrected chi connectivity index (χ2v) is 7.04. The fraction of sp³-hybridized carbons (Fsp3) is 0.125. The lowest BCUT2D eigenvalue weighted by Crippen LogP contribution is -2.17. The molecule has 3 aromatic carbocycles. The van der Waals surface area contributed by atoms with E-state index in [-0.39, 0.29) is 5.91 Å². The summed E-state index contributed by atoms with van der Waals surface area (Å²) in [6.45, 7) is 0.964. The number of anilines is 1. The van der Waals surface area contributed by atoms with E-state index < -0.39 is 0 Å². The summed E-state index contributed by atoms with van der Waals surface area (Å²) in [5.41, 5.74) is 2.79. The number of nitrogens with zero attached hydrogens (tertiary/aromatic N) is 2. The van der Waals surface area contributed by atoms with Crippen molar-refractivity contribution in [2.45, 2.75) is 6.42 Å². The standard InChI is InChI=1S/C24H19N3O4/c28-23(17-10-11-20-21(15-17)30-13-12-29-20)25-19-9-5-4-8-18(19)24-26-22(27-31-24)14-16-6-2-1-3-7-16/h1-11,15H,12-14H2,(H,25,28). The van der Waals surface area contributed by atoms with Crippen LogP contribution in [0.25, 0.3) is 11.5 Å². The van der Waals surface area contributed by atoms with Crippen LogP contribution in [-0.2, 0) is 6.42 Å². The summed E-state index contributed by atoms with van der Waals surface area (Å²) in [6.07, 6.45) is 0.566. The highest BCUT2D eigenvalue weighted by Crippen LogP contribution is 2.32. The van der Waals surface area contributed by atoms with Gasteiger partial charge in [-0.25, -0.2) is 0 Å². The SMILES string of the molecule is O=C(Nc1ccccc1-c1nc(Cc2ccccc2)no1)c1ccc2c(c1)OCCO2. The first-order valence-electron chi connectivity index (χ1n) is 9.93. The average Bonchev–Trinajstić information content (AvgIpc) is 3.28. The summed E-state index contributed by atoms with van der Waals surface area (Å²) in [6, 6.07) is 22.4. The van der Waals surface area contributed by atoms with Gasteiger partial charge < -0.3 is 19.3 Å². The summed E-state index contributed by atoms with van der Waals surface area (Å²) >= 11 is 0. The van der Waals surface area contributed by atoms with Crippen molar-refractivity contribution in [2.75, 3.05) is 18.5 Å². The van der Waals surface area contributed by atoms with Crippen molar-refractivity contribution < 1.29 is 18.8 Å². The molecule has 7 heteroatoms. The Hall–Kier alpha value is -4.13. The highest BCUT2D eigenvalue weighted by Gasteiger charge is 2.18. The molecular formula is C24H19N3O4. The molecule has 154 valence electrons. The third-order valence-corrected chi connectivity index (χ3v) is 4.88. The number of hydrogen-bond donors (Lipinski definition) is 1. The van der Waals surface area contributed by atoms with Crippen molar-refractivity contribution in [1.29, 1.82) is 0 Å². The van der Waals surface area contributed by atoms with Crippen molar-refractivity contribution in [2.24, 2.45) is 0 Å². The predicted molar refractivity (Wildman–Crippen MR) is 114 cm³/mol. The lowest BCUT2D eigenvalue weighted by Gasteiger charge is -2.18. The predicted octanol–water partition coefficient (Wildman–Crippen LogP) is 4.35. The highest BCUT2D eigenvalue weighted by molar-refractivity contribution is 6.06. The minimum Gasteiger partial charge on any atom is -0.486 e. The van der Waals surface area contributed by atoms with Crippen LogP contribution in [0.2, 0.25) is 0 Å². The van der Waals surface area contributed by atoms with Gasteiger partial charge in [-0.2, -0.15) is 4.98 Å². The summed E-state index contributed by atoms with van der Waals surface area (Å²) < 4.78 is 16.6. The first-order chi connectivity index (χ1) is 15.3. The number of carbonyl (C=O) groups excluding carboxylic acids is 1. The summed E-state index contributed by atoms with van der Waals surface area (Å²) in [5.74, 6) is 1.86. The van der Waals surface area contributed by atoms with Crippen LogP contribution in [0, 0.1) is 0 Å². The number of carbonyl (C=O) groups is 1. The highest BCUT2D eigenvalue weighted by atomic mass is 16.6.